The Kier molecular flexibility index (Phi) is 22.5. The van der Waals surface area contributed by atoms with Crippen LogP contribution < -0.4 is 16.4 Å². The van der Waals surface area contributed by atoms with Crippen molar-refractivity contribution in [2.24, 2.45) is 16.6 Å². The van der Waals surface area contributed by atoms with Crippen LogP contribution in [-0.4, -0.2) is 108 Å². The smallest absolute Gasteiger partial charge is 0.220 e. The Bertz CT molecular complexity index is 751. The van der Waals surface area contributed by atoms with Crippen molar-refractivity contribution >= 4 is 5.91 Å². The quantitative estimate of drug-likeness (QED) is 0.0678. The molecule has 0 rings (SSSR count). The minimum absolute atomic E-state index is 0.00912. The van der Waals surface area contributed by atoms with Crippen molar-refractivity contribution in [1.29, 1.82) is 0 Å². The maximum absolute atomic E-state index is 12.9. The fourth-order valence-corrected chi connectivity index (χ4v) is 5.80. The number of carbonyl (C=O) groups is 1. The third-order valence-electron chi connectivity index (χ3n) is 9.14. The predicted octanol–water partition coefficient (Wildman–Crippen LogP) is 4.26. The fourth-order valence-electron chi connectivity index (χ4n) is 5.80. The van der Waals surface area contributed by atoms with Crippen molar-refractivity contribution in [3.63, 3.8) is 0 Å². The zero-order chi connectivity index (χ0) is 33.7. The molecule has 0 saturated heterocycles. The van der Waals surface area contributed by atoms with Crippen LogP contribution in [0.25, 0.3) is 0 Å². The molecule has 0 aromatic carbocycles. The molecule has 0 aromatic rings. The minimum atomic E-state index is -0.619. The van der Waals surface area contributed by atoms with Crippen LogP contribution in [0.2, 0.25) is 0 Å². The first-order valence-electron chi connectivity index (χ1n) is 17.5. The summed E-state index contributed by atoms with van der Waals surface area (Å²) in [6, 6.07) is 0.426. The molecule has 0 aliphatic carbocycles. The molecule has 0 aliphatic rings. The van der Waals surface area contributed by atoms with Crippen molar-refractivity contribution in [2.45, 2.75) is 131 Å². The molecule has 0 fully saturated rings. The van der Waals surface area contributed by atoms with E-state index in [9.17, 15) is 9.90 Å². The SMILES string of the molecule is C=C(N(CCNC(C)CC)CC(C)(C)CC(C)(N)CC)C(C)(CO)CCC(=O)NCCN(CCCCCO)CCCCCO. The third-order valence-corrected chi connectivity index (χ3v) is 9.14. The molecule has 3 unspecified atom stereocenters. The highest BCUT2D eigenvalue weighted by atomic mass is 16.3. The number of aliphatic hydroxyl groups excluding tert-OH is 3. The highest BCUT2D eigenvalue weighted by Gasteiger charge is 2.35. The number of nitrogens with two attached hydrogens (primary N) is 1. The van der Waals surface area contributed by atoms with Gasteiger partial charge in [-0.15, -0.1) is 0 Å². The zero-order valence-corrected chi connectivity index (χ0v) is 29.9. The number of amides is 1. The molecule has 44 heavy (non-hydrogen) atoms. The lowest BCUT2D eigenvalue weighted by molar-refractivity contribution is -0.121. The molecule has 0 spiro atoms. The van der Waals surface area contributed by atoms with E-state index >= 15 is 0 Å². The maximum atomic E-state index is 12.9. The highest BCUT2D eigenvalue weighted by Crippen LogP contribution is 2.36. The second-order valence-corrected chi connectivity index (χ2v) is 14.5. The lowest BCUT2D eigenvalue weighted by Crippen LogP contribution is -2.47. The number of hydrogen-bond acceptors (Lipinski definition) is 8. The predicted molar refractivity (Wildman–Crippen MR) is 186 cm³/mol. The van der Waals surface area contributed by atoms with Crippen molar-refractivity contribution < 1.29 is 20.1 Å². The Morgan fingerprint density at radius 2 is 1.48 bits per heavy atom. The molecule has 0 radical (unpaired) electrons. The zero-order valence-electron chi connectivity index (χ0n) is 29.9. The van der Waals surface area contributed by atoms with Gasteiger partial charge in [0.05, 0.1) is 6.61 Å². The summed E-state index contributed by atoms with van der Waals surface area (Å²) in [5.41, 5.74) is 6.52. The molecule has 3 atom stereocenters. The fraction of sp³-hybridized carbons (Fsp3) is 0.914. The van der Waals surface area contributed by atoms with Crippen LogP contribution in [0.5, 0.6) is 0 Å². The molecule has 7 N–H and O–H groups in total. The number of hydrogen-bond donors (Lipinski definition) is 6. The molecule has 262 valence electrons. The van der Waals surface area contributed by atoms with E-state index in [0.29, 0.717) is 25.4 Å². The van der Waals surface area contributed by atoms with Gasteiger partial charge in [0.15, 0.2) is 0 Å². The average molecular weight is 628 g/mol. The summed E-state index contributed by atoms with van der Waals surface area (Å²) >= 11 is 0. The number of aliphatic hydroxyl groups is 3. The molecule has 9 nitrogen and oxygen atoms in total. The number of carbonyl (C=O) groups excluding carboxylic acids is 1. The Hall–Kier alpha value is -1.23. The number of nitrogens with zero attached hydrogens (tertiary/aromatic N) is 2. The van der Waals surface area contributed by atoms with E-state index < -0.39 is 5.41 Å². The van der Waals surface area contributed by atoms with Crippen LogP contribution in [-0.2, 0) is 4.79 Å². The van der Waals surface area contributed by atoms with Crippen LogP contribution in [0, 0.1) is 10.8 Å². The van der Waals surface area contributed by atoms with E-state index in [0.717, 1.165) is 103 Å². The van der Waals surface area contributed by atoms with Crippen molar-refractivity contribution in [2.75, 3.05) is 65.6 Å². The lowest BCUT2D eigenvalue weighted by atomic mass is 9.77. The minimum Gasteiger partial charge on any atom is -0.396 e. The first-order valence-corrected chi connectivity index (χ1v) is 17.5. The normalized spacial score (nSPS) is 15.5. The standard InChI is InChI=1S/C35H73N5O4/c1-9-30(3)37-20-24-40(28-33(5,6)27-35(8,36)10-2)31(4)34(7,29-43)18-17-32(44)38-19-23-39(21-13-11-15-25-41)22-14-12-16-26-42/h30,37,41-43H,4,9-29,36H2,1-3,5-8H3,(H,38,44). The van der Waals surface area contributed by atoms with Gasteiger partial charge in [0, 0.05) is 75.1 Å². The van der Waals surface area contributed by atoms with Crippen LogP contribution >= 0.6 is 0 Å². The summed E-state index contributed by atoms with van der Waals surface area (Å²) in [7, 11) is 0. The Morgan fingerprint density at radius 1 is 0.886 bits per heavy atom. The Labute approximate surface area is 271 Å². The van der Waals surface area contributed by atoms with Crippen molar-refractivity contribution in [1.82, 2.24) is 20.4 Å². The van der Waals surface area contributed by atoms with Gasteiger partial charge in [0.25, 0.3) is 0 Å². The number of rotatable bonds is 29. The van der Waals surface area contributed by atoms with Gasteiger partial charge in [0.1, 0.15) is 0 Å². The topological polar surface area (TPSA) is 134 Å². The first kappa shape index (κ1) is 42.8. The summed E-state index contributed by atoms with van der Waals surface area (Å²) in [6.07, 6.45) is 9.33. The van der Waals surface area contributed by atoms with E-state index in [2.05, 4.69) is 68.6 Å². The summed E-state index contributed by atoms with van der Waals surface area (Å²) in [6.45, 7) is 25.6. The molecule has 1 amide bonds. The summed E-state index contributed by atoms with van der Waals surface area (Å²) in [5.74, 6) is -0.00912. The Balaban J connectivity index is 5.27. The van der Waals surface area contributed by atoms with Crippen LogP contribution in [0.4, 0.5) is 0 Å². The van der Waals surface area contributed by atoms with Crippen LogP contribution in [0.1, 0.15) is 119 Å². The largest absolute Gasteiger partial charge is 0.396 e. The van der Waals surface area contributed by atoms with Gasteiger partial charge in [-0.25, -0.2) is 0 Å². The van der Waals surface area contributed by atoms with Gasteiger partial charge in [-0.05, 0) is 96.6 Å². The molecule has 9 heteroatoms. The second-order valence-electron chi connectivity index (χ2n) is 14.5. The van der Waals surface area contributed by atoms with E-state index in [4.69, 9.17) is 15.9 Å². The second kappa shape index (κ2) is 23.1. The molecule has 0 aliphatic heterocycles. The van der Waals surface area contributed by atoms with Gasteiger partial charge < -0.3 is 41.5 Å². The molecule has 0 bridgehead atoms. The molecule has 0 saturated carbocycles. The maximum Gasteiger partial charge on any atom is 0.220 e. The third kappa shape index (κ3) is 19.3. The lowest BCUT2D eigenvalue weighted by Gasteiger charge is -2.44. The van der Waals surface area contributed by atoms with Gasteiger partial charge in [-0.3, -0.25) is 4.79 Å². The molecular weight excluding hydrogens is 554 g/mol. The first-order chi connectivity index (χ1) is 20.7. The average Bonchev–Trinajstić information content (AvgIpc) is 2.98. The Morgan fingerprint density at radius 3 is 1.98 bits per heavy atom. The van der Waals surface area contributed by atoms with Gasteiger partial charge >= 0.3 is 0 Å². The van der Waals surface area contributed by atoms with E-state index in [1.807, 2.05) is 6.92 Å². The summed E-state index contributed by atoms with van der Waals surface area (Å²) < 4.78 is 0. The molecule has 0 aromatic heterocycles. The van der Waals surface area contributed by atoms with Crippen LogP contribution in [0.15, 0.2) is 12.3 Å². The number of unbranched alkanes of at least 4 members (excludes halogenated alkanes) is 4. The van der Waals surface area contributed by atoms with Gasteiger partial charge in [-0.1, -0.05) is 41.2 Å². The van der Waals surface area contributed by atoms with Crippen LogP contribution in [0.3, 0.4) is 0 Å². The number of nitrogens with one attached hydrogen (secondary N) is 2. The van der Waals surface area contributed by atoms with E-state index in [1.54, 1.807) is 0 Å². The van der Waals surface area contributed by atoms with Crippen molar-refractivity contribution in [3.05, 3.63) is 12.3 Å². The van der Waals surface area contributed by atoms with Gasteiger partial charge in [0.2, 0.25) is 5.91 Å². The van der Waals surface area contributed by atoms with Gasteiger partial charge in [-0.2, -0.15) is 0 Å². The van der Waals surface area contributed by atoms with E-state index in [1.165, 1.54) is 0 Å². The van der Waals surface area contributed by atoms with Crippen molar-refractivity contribution in [3.8, 4) is 0 Å². The monoisotopic (exact) mass is 628 g/mol. The molecule has 0 heterocycles. The summed E-state index contributed by atoms with van der Waals surface area (Å²) in [5, 5.41) is 35.4. The van der Waals surface area contributed by atoms with E-state index in [-0.39, 0.29) is 36.7 Å². The highest BCUT2D eigenvalue weighted by molar-refractivity contribution is 5.75. The summed E-state index contributed by atoms with van der Waals surface area (Å²) in [4.78, 5) is 17.6. The molecular formula is C35H73N5O4.